The second kappa shape index (κ2) is 6.12. The highest BCUT2D eigenvalue weighted by Crippen LogP contribution is 2.56. The number of likely N-dealkylation sites (N-methyl/N-ethyl adjacent to an activating group) is 1. The van der Waals surface area contributed by atoms with E-state index in [9.17, 15) is 0 Å². The quantitative estimate of drug-likeness (QED) is 0.800. The van der Waals surface area contributed by atoms with Gasteiger partial charge >= 0.3 is 0 Å². The fourth-order valence-corrected chi connectivity index (χ4v) is 4.31. The molecular weight excluding hydrogens is 281 g/mol. The maximum Gasteiger partial charge on any atom is 0.162 e. The first-order valence-electron chi connectivity index (χ1n) is 9.15. The third kappa shape index (κ3) is 3.57. The second-order valence-corrected chi connectivity index (χ2v) is 9.06. The Labute approximate surface area is 142 Å². The third-order valence-electron chi connectivity index (χ3n) is 6.59. The summed E-state index contributed by atoms with van der Waals surface area (Å²) in [5.41, 5.74) is 2.30. The molecule has 4 heteroatoms. The summed E-state index contributed by atoms with van der Waals surface area (Å²) < 4.78 is 0. The molecule has 1 aromatic rings. The van der Waals surface area contributed by atoms with E-state index in [0.29, 0.717) is 10.8 Å². The van der Waals surface area contributed by atoms with Crippen LogP contribution in [0.25, 0.3) is 0 Å². The van der Waals surface area contributed by atoms with Crippen LogP contribution in [0.2, 0.25) is 5.82 Å². The van der Waals surface area contributed by atoms with Crippen molar-refractivity contribution in [2.75, 3.05) is 38.1 Å². The molecular formula is C19H32BN3. The van der Waals surface area contributed by atoms with Gasteiger partial charge in [0.15, 0.2) is 7.28 Å². The van der Waals surface area contributed by atoms with Crippen molar-refractivity contribution in [1.82, 2.24) is 9.88 Å². The lowest BCUT2D eigenvalue weighted by Crippen LogP contribution is -2.44. The van der Waals surface area contributed by atoms with E-state index in [-0.39, 0.29) is 0 Å². The average molecular weight is 313 g/mol. The minimum Gasteiger partial charge on any atom is -0.354 e. The molecule has 0 N–H and O–H groups in total. The van der Waals surface area contributed by atoms with Crippen LogP contribution in [-0.4, -0.2) is 50.4 Å². The first kappa shape index (κ1) is 16.8. The minimum atomic E-state index is 0.449. The number of anilines is 1. The molecule has 3 nitrogen and oxygen atoms in total. The molecule has 0 bridgehead atoms. The summed E-state index contributed by atoms with van der Waals surface area (Å²) in [6.45, 7) is 14.2. The van der Waals surface area contributed by atoms with E-state index in [1.165, 1.54) is 25.6 Å². The summed E-state index contributed by atoms with van der Waals surface area (Å²) in [6, 6.07) is 4.53. The van der Waals surface area contributed by atoms with Crippen LogP contribution >= 0.6 is 0 Å². The average Bonchev–Trinajstić information content (AvgIpc) is 2.68. The largest absolute Gasteiger partial charge is 0.354 e. The van der Waals surface area contributed by atoms with Crippen LogP contribution in [0.15, 0.2) is 18.3 Å². The van der Waals surface area contributed by atoms with Gasteiger partial charge in [0.1, 0.15) is 5.82 Å². The van der Waals surface area contributed by atoms with Gasteiger partial charge in [-0.25, -0.2) is 4.98 Å². The number of rotatable bonds is 3. The number of piperazine rings is 1. The van der Waals surface area contributed by atoms with Crippen molar-refractivity contribution < 1.29 is 0 Å². The standard InChI is InChI=1S/C19H32BN3/c1-18(2)12-16(13-19(18,3)4)20-15-6-7-17(21-14-15)23-10-8-22(5)9-11-23/h6-7,14,16,20H,8-13H2,1-5H3. The molecule has 0 radical (unpaired) electrons. The van der Waals surface area contributed by atoms with Gasteiger partial charge in [-0.3, -0.25) is 0 Å². The van der Waals surface area contributed by atoms with E-state index < -0.39 is 0 Å². The van der Waals surface area contributed by atoms with Crippen LogP contribution < -0.4 is 10.4 Å². The summed E-state index contributed by atoms with van der Waals surface area (Å²) >= 11 is 0. The van der Waals surface area contributed by atoms with Gasteiger partial charge < -0.3 is 9.80 Å². The smallest absolute Gasteiger partial charge is 0.162 e. The summed E-state index contributed by atoms with van der Waals surface area (Å²) in [5.74, 6) is 1.95. The van der Waals surface area contributed by atoms with E-state index in [2.05, 4.69) is 62.9 Å². The molecule has 0 aromatic carbocycles. The summed E-state index contributed by atoms with van der Waals surface area (Å²) in [6.07, 6.45) is 4.78. The fraction of sp³-hybridized carbons (Fsp3) is 0.737. The zero-order valence-corrected chi connectivity index (χ0v) is 15.6. The highest BCUT2D eigenvalue weighted by Gasteiger charge is 2.46. The van der Waals surface area contributed by atoms with Crippen LogP contribution in [0.1, 0.15) is 40.5 Å². The molecule has 2 fully saturated rings. The van der Waals surface area contributed by atoms with Crippen LogP contribution in [0, 0.1) is 10.8 Å². The predicted molar refractivity (Wildman–Crippen MR) is 101 cm³/mol. The van der Waals surface area contributed by atoms with Crippen molar-refractivity contribution >= 4 is 18.6 Å². The number of nitrogens with zero attached hydrogens (tertiary/aromatic N) is 3. The molecule has 2 aliphatic rings. The van der Waals surface area contributed by atoms with Gasteiger partial charge in [-0.15, -0.1) is 0 Å². The first-order valence-corrected chi connectivity index (χ1v) is 9.15. The van der Waals surface area contributed by atoms with Gasteiger partial charge in [-0.1, -0.05) is 57.9 Å². The normalized spacial score (nSPS) is 24.8. The fourth-order valence-electron chi connectivity index (χ4n) is 4.31. The van der Waals surface area contributed by atoms with Crippen LogP contribution in [-0.2, 0) is 0 Å². The molecule has 0 amide bonds. The highest BCUT2D eigenvalue weighted by molar-refractivity contribution is 6.55. The molecule has 126 valence electrons. The molecule has 1 saturated heterocycles. The van der Waals surface area contributed by atoms with Gasteiger partial charge in [0.25, 0.3) is 0 Å². The monoisotopic (exact) mass is 313 g/mol. The molecule has 1 aromatic heterocycles. The van der Waals surface area contributed by atoms with Gasteiger partial charge in [0, 0.05) is 32.4 Å². The summed E-state index contributed by atoms with van der Waals surface area (Å²) in [7, 11) is 3.38. The Balaban J connectivity index is 1.60. The number of aromatic nitrogens is 1. The van der Waals surface area contributed by atoms with E-state index in [1.54, 1.807) is 0 Å². The van der Waals surface area contributed by atoms with Gasteiger partial charge in [-0.05, 0) is 23.9 Å². The molecule has 23 heavy (non-hydrogen) atoms. The molecule has 1 aliphatic heterocycles. The molecule has 2 heterocycles. The van der Waals surface area contributed by atoms with E-state index in [4.69, 9.17) is 4.98 Å². The van der Waals surface area contributed by atoms with E-state index in [1.807, 2.05) is 0 Å². The van der Waals surface area contributed by atoms with Crippen molar-refractivity contribution in [3.05, 3.63) is 18.3 Å². The maximum atomic E-state index is 4.75. The Morgan fingerprint density at radius 3 is 2.13 bits per heavy atom. The second-order valence-electron chi connectivity index (χ2n) is 9.06. The van der Waals surface area contributed by atoms with Gasteiger partial charge in [0.2, 0.25) is 0 Å². The Morgan fingerprint density at radius 2 is 1.61 bits per heavy atom. The zero-order chi connectivity index (χ0) is 16.7. The molecule has 0 unspecified atom stereocenters. The molecule has 1 saturated carbocycles. The van der Waals surface area contributed by atoms with Crippen LogP contribution in [0.4, 0.5) is 5.82 Å². The molecule has 0 spiro atoms. The molecule has 3 rings (SSSR count). The van der Waals surface area contributed by atoms with Crippen LogP contribution in [0.3, 0.4) is 0 Å². The molecule has 0 atom stereocenters. The number of hydrogen-bond donors (Lipinski definition) is 0. The van der Waals surface area contributed by atoms with Crippen LogP contribution in [0.5, 0.6) is 0 Å². The Bertz CT molecular complexity index is 514. The van der Waals surface area contributed by atoms with Gasteiger partial charge in [-0.2, -0.15) is 0 Å². The predicted octanol–water partition coefficient (Wildman–Crippen LogP) is 2.53. The zero-order valence-electron chi connectivity index (χ0n) is 15.6. The maximum absolute atomic E-state index is 4.75. The molecule has 1 aliphatic carbocycles. The van der Waals surface area contributed by atoms with Crippen molar-refractivity contribution in [3.63, 3.8) is 0 Å². The summed E-state index contributed by atoms with van der Waals surface area (Å²) in [5, 5.41) is 0. The van der Waals surface area contributed by atoms with E-state index in [0.717, 1.165) is 37.8 Å². The Hall–Kier alpha value is -1.03. The van der Waals surface area contributed by atoms with Crippen molar-refractivity contribution in [3.8, 4) is 0 Å². The number of hydrogen-bond acceptors (Lipinski definition) is 3. The Morgan fingerprint density at radius 1 is 1.00 bits per heavy atom. The van der Waals surface area contributed by atoms with Crippen molar-refractivity contribution in [1.29, 1.82) is 0 Å². The third-order valence-corrected chi connectivity index (χ3v) is 6.59. The Kier molecular flexibility index (Phi) is 4.48. The SMILES string of the molecule is CN1CCN(c2ccc(BC3CC(C)(C)C(C)(C)C3)cn2)CC1. The lowest BCUT2D eigenvalue weighted by atomic mass is 9.58. The van der Waals surface area contributed by atoms with Crippen molar-refractivity contribution in [2.45, 2.75) is 46.4 Å². The van der Waals surface area contributed by atoms with Gasteiger partial charge in [0.05, 0.1) is 0 Å². The summed E-state index contributed by atoms with van der Waals surface area (Å²) in [4.78, 5) is 9.54. The highest BCUT2D eigenvalue weighted by atomic mass is 15.3. The van der Waals surface area contributed by atoms with Crippen molar-refractivity contribution in [2.24, 2.45) is 10.8 Å². The topological polar surface area (TPSA) is 19.4 Å². The lowest BCUT2D eigenvalue weighted by molar-refractivity contribution is 0.157. The lowest BCUT2D eigenvalue weighted by Gasteiger charge is -2.34. The minimum absolute atomic E-state index is 0.449. The van der Waals surface area contributed by atoms with E-state index >= 15 is 0 Å². The first-order chi connectivity index (χ1) is 10.8. The number of pyridine rings is 1.